The standard InChI is InChI=1S/C21H26N2O2/c1-16(19-8-4-7-18(12-19)15-24)22-20-9-5-6-17(13-20)14-23-11-3-2-10-21(23)25/h4-9,12-13,16,22,24H,2-3,10-11,14-15H2,1H3. The first-order valence-electron chi connectivity index (χ1n) is 8.98. The molecule has 1 atom stereocenters. The first-order valence-corrected chi connectivity index (χ1v) is 8.98. The van der Waals surface area contributed by atoms with Gasteiger partial charge < -0.3 is 15.3 Å². The summed E-state index contributed by atoms with van der Waals surface area (Å²) in [6.07, 6.45) is 2.79. The lowest BCUT2D eigenvalue weighted by molar-refractivity contribution is -0.133. The molecule has 132 valence electrons. The van der Waals surface area contributed by atoms with E-state index in [9.17, 15) is 9.90 Å². The highest BCUT2D eigenvalue weighted by atomic mass is 16.3. The number of aliphatic hydroxyl groups excluding tert-OH is 1. The van der Waals surface area contributed by atoms with Crippen LogP contribution in [0, 0.1) is 0 Å². The van der Waals surface area contributed by atoms with Gasteiger partial charge in [0.25, 0.3) is 0 Å². The first-order chi connectivity index (χ1) is 12.2. The Morgan fingerprint density at radius 3 is 2.72 bits per heavy atom. The van der Waals surface area contributed by atoms with Gasteiger partial charge in [0.1, 0.15) is 0 Å². The third kappa shape index (κ3) is 4.60. The Morgan fingerprint density at radius 1 is 1.12 bits per heavy atom. The van der Waals surface area contributed by atoms with Crippen LogP contribution in [0.5, 0.6) is 0 Å². The van der Waals surface area contributed by atoms with Gasteiger partial charge in [0.15, 0.2) is 0 Å². The summed E-state index contributed by atoms with van der Waals surface area (Å²) in [6, 6.07) is 16.4. The van der Waals surface area contributed by atoms with Crippen LogP contribution in [-0.2, 0) is 17.9 Å². The molecule has 0 aromatic heterocycles. The van der Waals surface area contributed by atoms with E-state index < -0.39 is 0 Å². The van der Waals surface area contributed by atoms with Gasteiger partial charge in [-0.25, -0.2) is 0 Å². The normalized spacial score (nSPS) is 15.9. The van der Waals surface area contributed by atoms with E-state index in [-0.39, 0.29) is 18.6 Å². The molecule has 1 heterocycles. The third-order valence-electron chi connectivity index (χ3n) is 4.74. The Bertz CT molecular complexity index is 729. The number of amides is 1. The lowest BCUT2D eigenvalue weighted by atomic mass is 10.0. The fourth-order valence-corrected chi connectivity index (χ4v) is 3.30. The average Bonchev–Trinajstić information content (AvgIpc) is 2.64. The van der Waals surface area contributed by atoms with E-state index in [0.29, 0.717) is 13.0 Å². The number of benzene rings is 2. The minimum atomic E-state index is 0.0555. The van der Waals surface area contributed by atoms with Crippen molar-refractivity contribution in [1.29, 1.82) is 0 Å². The first kappa shape index (κ1) is 17.5. The van der Waals surface area contributed by atoms with Crippen molar-refractivity contribution in [3.8, 4) is 0 Å². The van der Waals surface area contributed by atoms with Crippen molar-refractivity contribution in [2.24, 2.45) is 0 Å². The molecule has 2 N–H and O–H groups in total. The molecule has 1 aliphatic heterocycles. The number of nitrogens with zero attached hydrogens (tertiary/aromatic N) is 1. The minimum Gasteiger partial charge on any atom is -0.392 e. The summed E-state index contributed by atoms with van der Waals surface area (Å²) < 4.78 is 0. The number of anilines is 1. The Balaban J connectivity index is 1.67. The van der Waals surface area contributed by atoms with Crippen LogP contribution < -0.4 is 5.32 Å². The monoisotopic (exact) mass is 338 g/mol. The molecular weight excluding hydrogens is 312 g/mol. The highest BCUT2D eigenvalue weighted by molar-refractivity contribution is 5.76. The molecular formula is C21H26N2O2. The van der Waals surface area contributed by atoms with Gasteiger partial charge in [0.2, 0.25) is 5.91 Å². The number of piperidine rings is 1. The number of carbonyl (C=O) groups is 1. The summed E-state index contributed by atoms with van der Waals surface area (Å²) in [5.74, 6) is 0.263. The molecule has 0 spiro atoms. The van der Waals surface area contributed by atoms with Crippen molar-refractivity contribution in [2.45, 2.75) is 45.4 Å². The number of hydrogen-bond acceptors (Lipinski definition) is 3. The molecule has 3 rings (SSSR count). The topological polar surface area (TPSA) is 52.6 Å². The predicted octanol–water partition coefficient (Wildman–Crippen LogP) is 3.86. The lowest BCUT2D eigenvalue weighted by Crippen LogP contribution is -2.34. The van der Waals surface area contributed by atoms with E-state index in [1.807, 2.05) is 35.2 Å². The van der Waals surface area contributed by atoms with Gasteiger partial charge in [-0.3, -0.25) is 4.79 Å². The van der Waals surface area contributed by atoms with Gasteiger partial charge in [-0.15, -0.1) is 0 Å². The van der Waals surface area contributed by atoms with Crippen LogP contribution in [0.1, 0.15) is 48.9 Å². The van der Waals surface area contributed by atoms with Gasteiger partial charge in [-0.2, -0.15) is 0 Å². The predicted molar refractivity (Wildman–Crippen MR) is 100 cm³/mol. The molecule has 4 heteroatoms. The summed E-state index contributed by atoms with van der Waals surface area (Å²) in [4.78, 5) is 14.0. The highest BCUT2D eigenvalue weighted by Gasteiger charge is 2.18. The zero-order chi connectivity index (χ0) is 17.6. The Kier molecular flexibility index (Phi) is 5.71. The van der Waals surface area contributed by atoms with E-state index in [2.05, 4.69) is 30.4 Å². The van der Waals surface area contributed by atoms with Crippen molar-refractivity contribution >= 4 is 11.6 Å². The summed E-state index contributed by atoms with van der Waals surface area (Å²) in [7, 11) is 0. The molecule has 0 bridgehead atoms. The molecule has 4 nitrogen and oxygen atoms in total. The van der Waals surface area contributed by atoms with Crippen molar-refractivity contribution < 1.29 is 9.90 Å². The molecule has 2 aromatic rings. The third-order valence-corrected chi connectivity index (χ3v) is 4.74. The van der Waals surface area contributed by atoms with Crippen LogP contribution in [0.3, 0.4) is 0 Å². The number of hydrogen-bond donors (Lipinski definition) is 2. The molecule has 1 saturated heterocycles. The second-order valence-electron chi connectivity index (χ2n) is 6.74. The van der Waals surface area contributed by atoms with Gasteiger partial charge in [0.05, 0.1) is 6.61 Å². The van der Waals surface area contributed by atoms with Crippen LogP contribution in [0.25, 0.3) is 0 Å². The van der Waals surface area contributed by atoms with E-state index >= 15 is 0 Å². The maximum atomic E-state index is 12.0. The molecule has 1 amide bonds. The maximum absolute atomic E-state index is 12.0. The molecule has 0 radical (unpaired) electrons. The summed E-state index contributed by atoms with van der Waals surface area (Å²) >= 11 is 0. The van der Waals surface area contributed by atoms with Gasteiger partial charge >= 0.3 is 0 Å². The Labute approximate surface area is 149 Å². The fraction of sp³-hybridized carbons (Fsp3) is 0.381. The summed E-state index contributed by atoms with van der Waals surface area (Å²) in [5.41, 5.74) is 4.26. The molecule has 1 fully saturated rings. The van der Waals surface area contributed by atoms with Crippen LogP contribution in [0.15, 0.2) is 48.5 Å². The zero-order valence-electron chi connectivity index (χ0n) is 14.7. The average molecular weight is 338 g/mol. The van der Waals surface area contributed by atoms with Gasteiger partial charge in [-0.1, -0.05) is 36.4 Å². The summed E-state index contributed by atoms with van der Waals surface area (Å²) in [5, 5.41) is 12.8. The molecule has 2 aromatic carbocycles. The second kappa shape index (κ2) is 8.17. The van der Waals surface area contributed by atoms with Crippen molar-refractivity contribution in [3.63, 3.8) is 0 Å². The molecule has 1 unspecified atom stereocenters. The van der Waals surface area contributed by atoms with Crippen LogP contribution >= 0.6 is 0 Å². The molecule has 0 saturated carbocycles. The number of nitrogens with one attached hydrogen (secondary N) is 1. The van der Waals surface area contributed by atoms with Crippen molar-refractivity contribution in [2.75, 3.05) is 11.9 Å². The van der Waals surface area contributed by atoms with Gasteiger partial charge in [0, 0.05) is 31.2 Å². The molecule has 1 aliphatic rings. The largest absolute Gasteiger partial charge is 0.392 e. The molecule has 0 aliphatic carbocycles. The van der Waals surface area contributed by atoms with Crippen molar-refractivity contribution in [1.82, 2.24) is 4.90 Å². The Morgan fingerprint density at radius 2 is 1.92 bits per heavy atom. The fourth-order valence-electron chi connectivity index (χ4n) is 3.30. The van der Waals surface area contributed by atoms with E-state index in [0.717, 1.165) is 41.8 Å². The number of aliphatic hydroxyl groups is 1. The summed E-state index contributed by atoms with van der Waals surface area (Å²) in [6.45, 7) is 3.71. The zero-order valence-corrected chi connectivity index (χ0v) is 14.7. The van der Waals surface area contributed by atoms with E-state index in [1.54, 1.807) is 0 Å². The van der Waals surface area contributed by atoms with E-state index in [1.165, 1.54) is 0 Å². The number of likely N-dealkylation sites (tertiary alicyclic amines) is 1. The minimum absolute atomic E-state index is 0.0555. The highest BCUT2D eigenvalue weighted by Crippen LogP contribution is 2.22. The van der Waals surface area contributed by atoms with Crippen molar-refractivity contribution in [3.05, 3.63) is 65.2 Å². The van der Waals surface area contributed by atoms with E-state index in [4.69, 9.17) is 0 Å². The molecule has 25 heavy (non-hydrogen) atoms. The Hall–Kier alpha value is -2.33. The lowest BCUT2D eigenvalue weighted by Gasteiger charge is -2.27. The second-order valence-corrected chi connectivity index (χ2v) is 6.74. The van der Waals surface area contributed by atoms with Crippen LogP contribution in [0.4, 0.5) is 5.69 Å². The number of rotatable bonds is 6. The maximum Gasteiger partial charge on any atom is 0.222 e. The SMILES string of the molecule is CC(Nc1cccc(CN2CCCCC2=O)c1)c1cccc(CO)c1. The van der Waals surface area contributed by atoms with Crippen LogP contribution in [0.2, 0.25) is 0 Å². The van der Waals surface area contributed by atoms with Gasteiger partial charge in [-0.05, 0) is 48.6 Å². The smallest absolute Gasteiger partial charge is 0.222 e. The van der Waals surface area contributed by atoms with Crippen LogP contribution in [-0.4, -0.2) is 22.5 Å². The number of carbonyl (C=O) groups excluding carboxylic acids is 1. The quantitative estimate of drug-likeness (QED) is 0.841.